The number of benzene rings is 2. The molecule has 0 radical (unpaired) electrons. The van der Waals surface area contributed by atoms with Crippen molar-refractivity contribution >= 4 is 17.5 Å². The van der Waals surface area contributed by atoms with E-state index in [1.54, 1.807) is 6.07 Å². The van der Waals surface area contributed by atoms with E-state index in [0.29, 0.717) is 11.3 Å². The number of hydrogen-bond donors (Lipinski definition) is 1. The average Bonchev–Trinajstić information content (AvgIpc) is 3.03. The number of amides is 2. The zero-order valence-corrected chi connectivity index (χ0v) is 16.9. The Kier molecular flexibility index (Phi) is 6.45. The first kappa shape index (κ1) is 21.8. The molecule has 2 aromatic carbocycles. The molecule has 30 heavy (non-hydrogen) atoms. The number of alkyl halides is 3. The molecule has 2 aromatic rings. The van der Waals surface area contributed by atoms with Gasteiger partial charge in [-0.1, -0.05) is 24.3 Å². The highest BCUT2D eigenvalue weighted by atomic mass is 19.4. The van der Waals surface area contributed by atoms with E-state index in [1.807, 2.05) is 43.3 Å². The number of carbonyl (C=O) groups is 2. The average molecular weight is 419 g/mol. The molecule has 0 aromatic heterocycles. The molecule has 0 aliphatic carbocycles. The number of halogens is 3. The summed E-state index contributed by atoms with van der Waals surface area (Å²) in [4.78, 5) is 28.3. The van der Waals surface area contributed by atoms with Crippen LogP contribution in [0.5, 0.6) is 0 Å². The van der Waals surface area contributed by atoms with Gasteiger partial charge in [-0.25, -0.2) is 0 Å². The summed E-state index contributed by atoms with van der Waals surface area (Å²) in [6, 6.07) is 12.4. The normalized spacial score (nSPS) is 16.9. The van der Waals surface area contributed by atoms with E-state index in [-0.39, 0.29) is 31.3 Å². The number of nitrogens with one attached hydrogen (secondary N) is 1. The minimum absolute atomic E-state index is 0.0451. The van der Waals surface area contributed by atoms with Crippen molar-refractivity contribution in [1.82, 2.24) is 9.80 Å². The van der Waals surface area contributed by atoms with Gasteiger partial charge in [0.05, 0.1) is 11.5 Å². The van der Waals surface area contributed by atoms with Crippen molar-refractivity contribution in [3.63, 3.8) is 0 Å². The Bertz CT molecular complexity index is 911. The monoisotopic (exact) mass is 419 g/mol. The summed E-state index contributed by atoms with van der Waals surface area (Å²) < 4.78 is 38.7. The summed E-state index contributed by atoms with van der Waals surface area (Å²) in [7, 11) is 3.94. The number of nitrogens with zero attached hydrogens (tertiary/aromatic N) is 2. The summed E-state index contributed by atoms with van der Waals surface area (Å²) in [5.74, 6) is -1.05. The van der Waals surface area contributed by atoms with Gasteiger partial charge >= 0.3 is 6.18 Å². The molecule has 1 aliphatic heterocycles. The molecule has 1 heterocycles. The number of likely N-dealkylation sites (tertiary alicyclic amines) is 1. The van der Waals surface area contributed by atoms with Gasteiger partial charge in [0.2, 0.25) is 11.8 Å². The molecule has 1 aliphatic rings. The Morgan fingerprint density at radius 1 is 1.13 bits per heavy atom. The van der Waals surface area contributed by atoms with Gasteiger partial charge in [0, 0.05) is 31.7 Å². The van der Waals surface area contributed by atoms with Crippen molar-refractivity contribution < 1.29 is 22.8 Å². The van der Waals surface area contributed by atoms with Crippen LogP contribution >= 0.6 is 0 Å². The highest BCUT2D eigenvalue weighted by Gasteiger charge is 2.35. The molecule has 0 bridgehead atoms. The van der Waals surface area contributed by atoms with Gasteiger partial charge in [-0.2, -0.15) is 13.2 Å². The van der Waals surface area contributed by atoms with Crippen molar-refractivity contribution in [2.45, 2.75) is 25.7 Å². The van der Waals surface area contributed by atoms with Crippen molar-refractivity contribution in [3.8, 4) is 0 Å². The summed E-state index contributed by atoms with van der Waals surface area (Å²) >= 11 is 0. The lowest BCUT2D eigenvalue weighted by molar-refractivity contribution is -0.137. The first-order chi connectivity index (χ1) is 14.1. The molecule has 1 fully saturated rings. The highest BCUT2D eigenvalue weighted by Crippen LogP contribution is 2.30. The maximum atomic E-state index is 12.9. The first-order valence-electron chi connectivity index (χ1n) is 9.60. The van der Waals surface area contributed by atoms with Gasteiger partial charge in [0.15, 0.2) is 0 Å². The van der Waals surface area contributed by atoms with Crippen LogP contribution < -0.4 is 5.32 Å². The molecule has 0 spiro atoms. The van der Waals surface area contributed by atoms with Gasteiger partial charge in [-0.3, -0.25) is 9.59 Å². The van der Waals surface area contributed by atoms with Crippen LogP contribution in [0.1, 0.15) is 23.1 Å². The highest BCUT2D eigenvalue weighted by molar-refractivity contribution is 5.97. The van der Waals surface area contributed by atoms with Gasteiger partial charge in [-0.15, -0.1) is 0 Å². The van der Waals surface area contributed by atoms with E-state index < -0.39 is 17.7 Å². The van der Waals surface area contributed by atoms with E-state index in [2.05, 4.69) is 5.32 Å². The maximum absolute atomic E-state index is 12.9. The van der Waals surface area contributed by atoms with Crippen LogP contribution in [-0.4, -0.2) is 42.3 Å². The van der Waals surface area contributed by atoms with Gasteiger partial charge in [-0.05, 0) is 49.5 Å². The van der Waals surface area contributed by atoms with Crippen molar-refractivity contribution in [2.75, 3.05) is 26.0 Å². The summed E-state index contributed by atoms with van der Waals surface area (Å²) in [5.41, 5.74) is 1.39. The van der Waals surface area contributed by atoms with E-state index in [0.717, 1.165) is 24.2 Å². The second kappa shape index (κ2) is 8.87. The van der Waals surface area contributed by atoms with Crippen LogP contribution in [0.4, 0.5) is 18.9 Å². The molecule has 0 unspecified atom stereocenters. The molecule has 1 atom stereocenters. The second-order valence-electron chi connectivity index (χ2n) is 7.80. The fourth-order valence-electron chi connectivity index (χ4n) is 3.47. The van der Waals surface area contributed by atoms with Crippen LogP contribution in [-0.2, 0) is 28.9 Å². The van der Waals surface area contributed by atoms with Crippen LogP contribution in [0.15, 0.2) is 48.5 Å². The smallest absolute Gasteiger partial charge is 0.338 e. The lowest BCUT2D eigenvalue weighted by Crippen LogP contribution is -2.28. The molecule has 160 valence electrons. The molecular formula is C22H24F3N3O2. The third kappa shape index (κ3) is 5.60. The Morgan fingerprint density at radius 2 is 1.83 bits per heavy atom. The molecule has 5 nitrogen and oxygen atoms in total. The molecule has 3 rings (SSSR count). The number of rotatable bonds is 6. The van der Waals surface area contributed by atoms with Crippen molar-refractivity contribution in [3.05, 3.63) is 65.2 Å². The number of anilines is 1. The van der Waals surface area contributed by atoms with E-state index >= 15 is 0 Å². The van der Waals surface area contributed by atoms with E-state index in [1.165, 1.54) is 11.0 Å². The fraction of sp³-hybridized carbons (Fsp3) is 0.364. The standard InChI is InChI=1S/C22H24F3N3O2/c1-27(2)12-15-6-8-19(9-7-15)26-21(30)17-11-20(29)28(14-17)13-16-4-3-5-18(10-16)22(23,24)25/h3-10,17H,11-14H2,1-2H3,(H,26,30)/t17-/m0/s1. The van der Waals surface area contributed by atoms with E-state index in [4.69, 9.17) is 0 Å². The Balaban J connectivity index is 1.59. The third-order valence-corrected chi connectivity index (χ3v) is 4.93. The molecule has 2 amide bonds. The lowest BCUT2D eigenvalue weighted by Gasteiger charge is -2.18. The van der Waals surface area contributed by atoms with Crippen LogP contribution in [0.3, 0.4) is 0 Å². The molecular weight excluding hydrogens is 395 g/mol. The summed E-state index contributed by atoms with van der Waals surface area (Å²) in [6.45, 7) is 1.02. The number of carbonyl (C=O) groups excluding carboxylic acids is 2. The Labute approximate surface area is 173 Å². The predicted octanol–water partition coefficient (Wildman–Crippen LogP) is 3.75. The largest absolute Gasteiger partial charge is 0.416 e. The minimum atomic E-state index is -4.43. The van der Waals surface area contributed by atoms with Crippen LogP contribution in [0, 0.1) is 5.92 Å². The lowest BCUT2D eigenvalue weighted by atomic mass is 10.1. The SMILES string of the molecule is CN(C)Cc1ccc(NC(=O)[C@H]2CC(=O)N(Cc3cccc(C(F)(F)F)c3)C2)cc1. The van der Waals surface area contributed by atoms with Crippen LogP contribution in [0.2, 0.25) is 0 Å². The molecule has 0 saturated carbocycles. The number of hydrogen-bond acceptors (Lipinski definition) is 3. The van der Waals surface area contributed by atoms with Crippen LogP contribution in [0.25, 0.3) is 0 Å². The van der Waals surface area contributed by atoms with Crippen molar-refractivity contribution in [2.24, 2.45) is 5.92 Å². The zero-order chi connectivity index (χ0) is 21.9. The second-order valence-corrected chi connectivity index (χ2v) is 7.80. The van der Waals surface area contributed by atoms with Crippen molar-refractivity contribution in [1.29, 1.82) is 0 Å². The van der Waals surface area contributed by atoms with E-state index in [9.17, 15) is 22.8 Å². The first-order valence-corrected chi connectivity index (χ1v) is 9.60. The zero-order valence-electron chi connectivity index (χ0n) is 16.9. The summed E-state index contributed by atoms with van der Waals surface area (Å²) in [5, 5.41) is 2.82. The predicted molar refractivity (Wildman–Crippen MR) is 107 cm³/mol. The maximum Gasteiger partial charge on any atom is 0.416 e. The molecule has 1 N–H and O–H groups in total. The quantitative estimate of drug-likeness (QED) is 0.776. The fourth-order valence-corrected chi connectivity index (χ4v) is 3.47. The molecule has 1 saturated heterocycles. The summed E-state index contributed by atoms with van der Waals surface area (Å²) in [6.07, 6.45) is -4.39. The Morgan fingerprint density at radius 3 is 2.47 bits per heavy atom. The topological polar surface area (TPSA) is 52.7 Å². The van der Waals surface area contributed by atoms with Gasteiger partial charge < -0.3 is 15.1 Å². The van der Waals surface area contributed by atoms with Gasteiger partial charge in [0.25, 0.3) is 0 Å². The molecule has 8 heteroatoms. The Hall–Kier alpha value is -2.87. The third-order valence-electron chi connectivity index (χ3n) is 4.93. The minimum Gasteiger partial charge on any atom is -0.338 e. The van der Waals surface area contributed by atoms with Gasteiger partial charge in [0.1, 0.15) is 0 Å².